The Morgan fingerprint density at radius 2 is 2.35 bits per heavy atom. The summed E-state index contributed by atoms with van der Waals surface area (Å²) in [6, 6.07) is 4.04. The van der Waals surface area contributed by atoms with E-state index in [0.29, 0.717) is 18.4 Å². The number of hydrogen-bond acceptors (Lipinski definition) is 5. The van der Waals surface area contributed by atoms with Crippen molar-refractivity contribution < 1.29 is 4.74 Å². The van der Waals surface area contributed by atoms with Crippen LogP contribution in [0.15, 0.2) is 29.1 Å². The van der Waals surface area contributed by atoms with Gasteiger partial charge in [-0.25, -0.2) is 4.98 Å². The molecular weight excluding hydrogens is 234 g/mol. The molecule has 1 unspecified atom stereocenters. The first-order valence-electron chi connectivity index (χ1n) is 5.54. The fourth-order valence-corrected chi connectivity index (χ4v) is 2.19. The summed E-state index contributed by atoms with van der Waals surface area (Å²) < 4.78 is 5.33. The van der Waals surface area contributed by atoms with Crippen LogP contribution < -0.4 is 10.1 Å². The van der Waals surface area contributed by atoms with Crippen LogP contribution in [0.4, 0.5) is 5.95 Å². The van der Waals surface area contributed by atoms with E-state index >= 15 is 0 Å². The van der Waals surface area contributed by atoms with Gasteiger partial charge in [0, 0.05) is 12.3 Å². The third kappa shape index (κ3) is 3.17. The van der Waals surface area contributed by atoms with Gasteiger partial charge in [0.1, 0.15) is 0 Å². The van der Waals surface area contributed by atoms with Crippen LogP contribution in [0.25, 0.3) is 0 Å². The Morgan fingerprint density at radius 3 is 3.06 bits per heavy atom. The number of nitrogens with one attached hydrogen (secondary N) is 1. The Kier molecular flexibility index (Phi) is 3.93. The number of nitrogens with zero attached hydrogens (tertiary/aromatic N) is 2. The molecule has 17 heavy (non-hydrogen) atoms. The largest absolute Gasteiger partial charge is 0.478 e. The Balaban J connectivity index is 2.05. The van der Waals surface area contributed by atoms with Crippen LogP contribution in [0.3, 0.4) is 0 Å². The van der Waals surface area contributed by atoms with Crippen LogP contribution in [-0.2, 0) is 0 Å². The summed E-state index contributed by atoms with van der Waals surface area (Å²) in [6.07, 6.45) is 1.70. The van der Waals surface area contributed by atoms with E-state index in [1.165, 1.54) is 5.56 Å². The van der Waals surface area contributed by atoms with E-state index in [1.54, 1.807) is 23.6 Å². The highest BCUT2D eigenvalue weighted by Crippen LogP contribution is 2.19. The monoisotopic (exact) mass is 249 g/mol. The van der Waals surface area contributed by atoms with E-state index in [1.807, 2.05) is 6.92 Å². The van der Waals surface area contributed by atoms with Crippen molar-refractivity contribution in [2.45, 2.75) is 19.9 Å². The summed E-state index contributed by atoms with van der Waals surface area (Å²) in [5.74, 6) is 1.19. The zero-order valence-electron chi connectivity index (χ0n) is 9.88. The number of ether oxygens (including phenoxy) is 1. The summed E-state index contributed by atoms with van der Waals surface area (Å²) in [4.78, 5) is 8.44. The van der Waals surface area contributed by atoms with E-state index in [0.717, 1.165) is 0 Å². The number of rotatable bonds is 5. The van der Waals surface area contributed by atoms with Gasteiger partial charge in [0.15, 0.2) is 0 Å². The van der Waals surface area contributed by atoms with Crippen LogP contribution in [-0.4, -0.2) is 16.6 Å². The molecule has 0 bridgehead atoms. The fourth-order valence-electron chi connectivity index (χ4n) is 1.44. The Labute approximate surface area is 105 Å². The van der Waals surface area contributed by atoms with Crippen LogP contribution in [0.2, 0.25) is 0 Å². The van der Waals surface area contributed by atoms with Crippen LogP contribution in [0.5, 0.6) is 5.88 Å². The summed E-state index contributed by atoms with van der Waals surface area (Å²) in [6.45, 7) is 4.62. The molecule has 0 aliphatic carbocycles. The first kappa shape index (κ1) is 11.9. The molecule has 1 atom stereocenters. The Bertz CT molecular complexity index is 459. The van der Waals surface area contributed by atoms with Crippen molar-refractivity contribution in [3.8, 4) is 5.88 Å². The molecule has 0 fully saturated rings. The lowest BCUT2D eigenvalue weighted by Gasteiger charge is -2.12. The maximum atomic E-state index is 5.33. The molecule has 0 radical (unpaired) electrons. The lowest BCUT2D eigenvalue weighted by atomic mass is 10.2. The van der Waals surface area contributed by atoms with E-state index in [9.17, 15) is 0 Å². The molecule has 5 heteroatoms. The molecule has 0 spiro atoms. The highest BCUT2D eigenvalue weighted by atomic mass is 32.1. The molecule has 2 aromatic rings. The highest BCUT2D eigenvalue weighted by molar-refractivity contribution is 7.07. The molecule has 0 saturated heterocycles. The third-order valence-electron chi connectivity index (χ3n) is 2.31. The number of hydrogen-bond donors (Lipinski definition) is 1. The topological polar surface area (TPSA) is 47.0 Å². The smallest absolute Gasteiger partial charge is 0.226 e. The molecule has 2 aromatic heterocycles. The molecule has 0 aliphatic heterocycles. The second-order valence-electron chi connectivity index (χ2n) is 3.57. The van der Waals surface area contributed by atoms with Gasteiger partial charge in [0.2, 0.25) is 11.8 Å². The van der Waals surface area contributed by atoms with Crippen molar-refractivity contribution in [3.05, 3.63) is 34.7 Å². The number of aromatic nitrogens is 2. The maximum absolute atomic E-state index is 5.33. The van der Waals surface area contributed by atoms with Crippen LogP contribution >= 0.6 is 11.3 Å². The Hall–Kier alpha value is -1.62. The second-order valence-corrected chi connectivity index (χ2v) is 4.35. The third-order valence-corrected chi connectivity index (χ3v) is 3.01. The summed E-state index contributed by atoms with van der Waals surface area (Å²) in [5.41, 5.74) is 1.24. The van der Waals surface area contributed by atoms with Crippen LogP contribution in [0.1, 0.15) is 25.5 Å². The Morgan fingerprint density at radius 1 is 1.47 bits per heavy atom. The predicted octanol–water partition coefficient (Wildman–Crippen LogP) is 3.11. The van der Waals surface area contributed by atoms with E-state index in [2.05, 4.69) is 39.0 Å². The SMILES string of the molecule is CCOc1ccnc(NC(C)c2ccsc2)n1. The first-order chi connectivity index (χ1) is 8.29. The predicted molar refractivity (Wildman–Crippen MR) is 69.6 cm³/mol. The average Bonchev–Trinajstić information content (AvgIpc) is 2.83. The van der Waals surface area contributed by atoms with Crippen LogP contribution in [0, 0.1) is 0 Å². The van der Waals surface area contributed by atoms with Gasteiger partial charge in [-0.05, 0) is 36.2 Å². The summed E-state index contributed by atoms with van der Waals surface area (Å²) in [7, 11) is 0. The molecule has 0 saturated carbocycles. The van der Waals surface area contributed by atoms with Gasteiger partial charge in [-0.3, -0.25) is 0 Å². The molecule has 4 nitrogen and oxygen atoms in total. The maximum Gasteiger partial charge on any atom is 0.226 e. The zero-order valence-corrected chi connectivity index (χ0v) is 10.7. The van der Waals surface area contributed by atoms with Crippen molar-refractivity contribution in [2.75, 3.05) is 11.9 Å². The molecule has 90 valence electrons. The van der Waals surface area contributed by atoms with Gasteiger partial charge in [-0.2, -0.15) is 16.3 Å². The van der Waals surface area contributed by atoms with Gasteiger partial charge in [-0.15, -0.1) is 0 Å². The van der Waals surface area contributed by atoms with Gasteiger partial charge >= 0.3 is 0 Å². The highest BCUT2D eigenvalue weighted by Gasteiger charge is 2.07. The lowest BCUT2D eigenvalue weighted by molar-refractivity contribution is 0.326. The fraction of sp³-hybridized carbons (Fsp3) is 0.333. The zero-order chi connectivity index (χ0) is 12.1. The van der Waals surface area contributed by atoms with Gasteiger partial charge in [0.25, 0.3) is 0 Å². The molecule has 0 aliphatic rings. The second kappa shape index (κ2) is 5.63. The molecular formula is C12H15N3OS. The molecule has 1 N–H and O–H groups in total. The number of anilines is 1. The van der Waals surface area contributed by atoms with Crippen molar-refractivity contribution >= 4 is 17.3 Å². The molecule has 2 heterocycles. The van der Waals surface area contributed by atoms with Crippen molar-refractivity contribution in [1.29, 1.82) is 0 Å². The quantitative estimate of drug-likeness (QED) is 0.884. The molecule has 2 rings (SSSR count). The van der Waals surface area contributed by atoms with Gasteiger partial charge in [0.05, 0.1) is 12.6 Å². The van der Waals surface area contributed by atoms with Gasteiger partial charge < -0.3 is 10.1 Å². The molecule has 0 amide bonds. The van der Waals surface area contributed by atoms with E-state index in [-0.39, 0.29) is 6.04 Å². The average molecular weight is 249 g/mol. The van der Waals surface area contributed by atoms with Crippen molar-refractivity contribution in [3.63, 3.8) is 0 Å². The molecule has 0 aromatic carbocycles. The summed E-state index contributed by atoms with van der Waals surface area (Å²) >= 11 is 1.68. The first-order valence-corrected chi connectivity index (χ1v) is 6.48. The van der Waals surface area contributed by atoms with Crippen molar-refractivity contribution in [1.82, 2.24) is 9.97 Å². The number of thiophene rings is 1. The minimum absolute atomic E-state index is 0.193. The summed E-state index contributed by atoms with van der Waals surface area (Å²) in [5, 5.41) is 7.42. The minimum atomic E-state index is 0.193. The standard InChI is InChI=1S/C12H15N3OS/c1-3-16-11-4-6-13-12(15-11)14-9(2)10-5-7-17-8-10/h4-9H,3H2,1-2H3,(H,13,14,15). The van der Waals surface area contributed by atoms with E-state index < -0.39 is 0 Å². The van der Waals surface area contributed by atoms with Gasteiger partial charge in [-0.1, -0.05) is 0 Å². The lowest BCUT2D eigenvalue weighted by Crippen LogP contribution is -2.09. The van der Waals surface area contributed by atoms with Crippen molar-refractivity contribution in [2.24, 2.45) is 0 Å². The normalized spacial score (nSPS) is 12.1. The minimum Gasteiger partial charge on any atom is -0.478 e. The van der Waals surface area contributed by atoms with E-state index in [4.69, 9.17) is 4.74 Å².